The Bertz CT molecular complexity index is 443. The Hall–Kier alpha value is -1.13. The van der Waals surface area contributed by atoms with E-state index in [2.05, 4.69) is 31.1 Å². The first-order valence-corrected chi connectivity index (χ1v) is 7.32. The number of halogens is 1. The molecule has 1 rings (SSSR count). The maximum absolute atomic E-state index is 12.0. The molecular formula is C15H24ClN3O. The van der Waals surface area contributed by atoms with E-state index in [1.807, 2.05) is 0 Å². The van der Waals surface area contributed by atoms with Crippen LogP contribution in [0.5, 0.6) is 0 Å². The van der Waals surface area contributed by atoms with E-state index in [4.69, 9.17) is 17.3 Å². The van der Waals surface area contributed by atoms with Crippen LogP contribution in [0.4, 0.5) is 5.69 Å². The van der Waals surface area contributed by atoms with E-state index in [1.165, 1.54) is 0 Å². The number of anilines is 1. The first kappa shape index (κ1) is 16.9. The van der Waals surface area contributed by atoms with E-state index in [0.29, 0.717) is 29.7 Å². The van der Waals surface area contributed by atoms with Crippen LogP contribution < -0.4 is 11.1 Å². The van der Waals surface area contributed by atoms with E-state index in [0.717, 1.165) is 12.8 Å². The van der Waals surface area contributed by atoms with Gasteiger partial charge in [0.15, 0.2) is 0 Å². The molecule has 0 aromatic carbocycles. The summed E-state index contributed by atoms with van der Waals surface area (Å²) in [4.78, 5) is 15.8. The second-order valence-corrected chi connectivity index (χ2v) is 6.48. The lowest BCUT2D eigenvalue weighted by Crippen LogP contribution is -2.25. The van der Waals surface area contributed by atoms with Crippen LogP contribution in [0.2, 0.25) is 5.15 Å². The second kappa shape index (κ2) is 7.60. The molecule has 20 heavy (non-hydrogen) atoms. The Labute approximate surface area is 126 Å². The average Bonchev–Trinajstić information content (AvgIpc) is 2.33. The van der Waals surface area contributed by atoms with Crippen molar-refractivity contribution < 1.29 is 4.79 Å². The lowest BCUT2D eigenvalue weighted by molar-refractivity contribution is -0.116. The van der Waals surface area contributed by atoms with Crippen molar-refractivity contribution >= 4 is 23.2 Å². The van der Waals surface area contributed by atoms with E-state index < -0.39 is 0 Å². The number of carbonyl (C=O) groups is 1. The number of amides is 1. The van der Waals surface area contributed by atoms with Crippen LogP contribution in [-0.2, 0) is 4.79 Å². The number of nitrogens with zero attached hydrogens (tertiary/aromatic N) is 1. The molecule has 0 saturated carbocycles. The zero-order valence-electron chi connectivity index (χ0n) is 12.4. The molecule has 0 spiro atoms. The molecule has 1 atom stereocenters. The van der Waals surface area contributed by atoms with Crippen LogP contribution in [0.1, 0.15) is 40.0 Å². The van der Waals surface area contributed by atoms with E-state index in [9.17, 15) is 4.79 Å². The zero-order valence-corrected chi connectivity index (χ0v) is 13.2. The number of pyridine rings is 1. The van der Waals surface area contributed by atoms with Gasteiger partial charge < -0.3 is 11.1 Å². The summed E-state index contributed by atoms with van der Waals surface area (Å²) in [6.07, 6.45) is 3.84. The normalized spacial score (nSPS) is 13.1. The lowest BCUT2D eigenvalue weighted by atomic mass is 9.76. The summed E-state index contributed by atoms with van der Waals surface area (Å²) in [6.45, 7) is 7.22. The first-order chi connectivity index (χ1) is 9.32. The standard InChI is InChI=1S/C15H24ClN3O/c1-15(2,3)11(6-8-17)4-5-14(20)19-12-7-9-18-13(16)10-12/h7,9-11H,4-6,8,17H2,1-3H3,(H,18,19,20). The number of hydrogen-bond acceptors (Lipinski definition) is 3. The molecule has 1 aromatic heterocycles. The number of nitrogens with one attached hydrogen (secondary N) is 1. The van der Waals surface area contributed by atoms with Crippen molar-refractivity contribution in [2.45, 2.75) is 40.0 Å². The lowest BCUT2D eigenvalue weighted by Gasteiger charge is -2.30. The van der Waals surface area contributed by atoms with Crippen molar-refractivity contribution in [3.8, 4) is 0 Å². The third kappa shape index (κ3) is 5.88. The van der Waals surface area contributed by atoms with Crippen molar-refractivity contribution in [3.63, 3.8) is 0 Å². The smallest absolute Gasteiger partial charge is 0.224 e. The highest BCUT2D eigenvalue weighted by atomic mass is 35.5. The van der Waals surface area contributed by atoms with Gasteiger partial charge in [-0.15, -0.1) is 0 Å². The number of rotatable bonds is 6. The van der Waals surface area contributed by atoms with Crippen LogP contribution in [0.25, 0.3) is 0 Å². The highest BCUT2D eigenvalue weighted by Crippen LogP contribution is 2.32. The summed E-state index contributed by atoms with van der Waals surface area (Å²) in [6, 6.07) is 3.37. The number of carbonyl (C=O) groups excluding carboxylic acids is 1. The predicted molar refractivity (Wildman–Crippen MR) is 83.7 cm³/mol. The molecule has 1 heterocycles. The monoisotopic (exact) mass is 297 g/mol. The maximum Gasteiger partial charge on any atom is 0.224 e. The largest absolute Gasteiger partial charge is 0.330 e. The van der Waals surface area contributed by atoms with Gasteiger partial charge in [0.05, 0.1) is 0 Å². The highest BCUT2D eigenvalue weighted by molar-refractivity contribution is 6.29. The van der Waals surface area contributed by atoms with Gasteiger partial charge in [-0.25, -0.2) is 4.98 Å². The van der Waals surface area contributed by atoms with Crippen LogP contribution in [0.15, 0.2) is 18.3 Å². The minimum Gasteiger partial charge on any atom is -0.330 e. The van der Waals surface area contributed by atoms with Crippen molar-refractivity contribution in [3.05, 3.63) is 23.5 Å². The topological polar surface area (TPSA) is 68.0 Å². The van der Waals surface area contributed by atoms with E-state index in [-0.39, 0.29) is 11.3 Å². The molecule has 0 radical (unpaired) electrons. The van der Waals surface area contributed by atoms with Crippen LogP contribution in [0, 0.1) is 11.3 Å². The zero-order chi connectivity index (χ0) is 15.2. The fourth-order valence-electron chi connectivity index (χ4n) is 2.22. The maximum atomic E-state index is 12.0. The SMILES string of the molecule is CC(C)(C)C(CCN)CCC(=O)Nc1ccnc(Cl)c1. The average molecular weight is 298 g/mol. The van der Waals surface area contributed by atoms with Crippen LogP contribution in [-0.4, -0.2) is 17.4 Å². The summed E-state index contributed by atoms with van der Waals surface area (Å²) >= 11 is 5.78. The fourth-order valence-corrected chi connectivity index (χ4v) is 2.39. The molecule has 112 valence electrons. The molecule has 0 saturated heterocycles. The quantitative estimate of drug-likeness (QED) is 0.790. The van der Waals surface area contributed by atoms with Gasteiger partial charge in [-0.3, -0.25) is 4.79 Å². The third-order valence-corrected chi connectivity index (χ3v) is 3.68. The molecule has 1 unspecified atom stereocenters. The van der Waals surface area contributed by atoms with Gasteiger partial charge in [-0.1, -0.05) is 32.4 Å². The summed E-state index contributed by atoms with van der Waals surface area (Å²) < 4.78 is 0. The van der Waals surface area contributed by atoms with Gasteiger partial charge in [-0.2, -0.15) is 0 Å². The summed E-state index contributed by atoms with van der Waals surface area (Å²) in [5.74, 6) is 0.442. The molecule has 5 heteroatoms. The molecule has 0 aliphatic heterocycles. The molecule has 0 fully saturated rings. The van der Waals surface area contributed by atoms with Gasteiger partial charge >= 0.3 is 0 Å². The number of aromatic nitrogens is 1. The molecule has 1 aromatic rings. The fraction of sp³-hybridized carbons (Fsp3) is 0.600. The Balaban J connectivity index is 2.50. The minimum absolute atomic E-state index is 0.00135. The van der Waals surface area contributed by atoms with Crippen molar-refractivity contribution in [1.82, 2.24) is 4.98 Å². The number of hydrogen-bond donors (Lipinski definition) is 2. The van der Waals surface area contributed by atoms with Crippen LogP contribution >= 0.6 is 11.6 Å². The Morgan fingerprint density at radius 3 is 2.70 bits per heavy atom. The van der Waals surface area contributed by atoms with Crippen molar-refractivity contribution in [2.24, 2.45) is 17.1 Å². The summed E-state index contributed by atoms with van der Waals surface area (Å²) in [5.41, 5.74) is 6.50. The predicted octanol–water partition coefficient (Wildman–Crippen LogP) is 3.46. The molecule has 0 aliphatic carbocycles. The van der Waals surface area contributed by atoms with Gasteiger partial charge in [0.1, 0.15) is 5.15 Å². The molecule has 3 N–H and O–H groups in total. The molecule has 1 amide bonds. The second-order valence-electron chi connectivity index (χ2n) is 6.09. The molecule has 4 nitrogen and oxygen atoms in total. The Morgan fingerprint density at radius 2 is 2.15 bits per heavy atom. The van der Waals surface area contributed by atoms with E-state index >= 15 is 0 Å². The van der Waals surface area contributed by atoms with E-state index in [1.54, 1.807) is 18.3 Å². The summed E-state index contributed by atoms with van der Waals surface area (Å²) in [7, 11) is 0. The van der Waals surface area contributed by atoms with Gasteiger partial charge in [-0.05, 0) is 42.9 Å². The Morgan fingerprint density at radius 1 is 1.45 bits per heavy atom. The van der Waals surface area contributed by atoms with Crippen molar-refractivity contribution in [2.75, 3.05) is 11.9 Å². The third-order valence-electron chi connectivity index (χ3n) is 3.47. The minimum atomic E-state index is -0.00135. The van der Waals surface area contributed by atoms with Gasteiger partial charge in [0.2, 0.25) is 5.91 Å². The first-order valence-electron chi connectivity index (χ1n) is 6.94. The molecule has 0 aliphatic rings. The molecule has 0 bridgehead atoms. The van der Waals surface area contributed by atoms with Crippen LogP contribution in [0.3, 0.4) is 0 Å². The van der Waals surface area contributed by atoms with Gasteiger partial charge in [0.25, 0.3) is 0 Å². The summed E-state index contributed by atoms with van der Waals surface area (Å²) in [5, 5.41) is 3.21. The van der Waals surface area contributed by atoms with Crippen molar-refractivity contribution in [1.29, 1.82) is 0 Å². The molecular weight excluding hydrogens is 274 g/mol. The highest BCUT2D eigenvalue weighted by Gasteiger charge is 2.24. The number of nitrogens with two attached hydrogens (primary N) is 1. The Kier molecular flexibility index (Phi) is 6.43. The van der Waals surface area contributed by atoms with Gasteiger partial charge in [0, 0.05) is 18.3 Å².